The lowest BCUT2D eigenvalue weighted by Gasteiger charge is -2.23. The van der Waals surface area contributed by atoms with Crippen LogP contribution in [-0.2, 0) is 0 Å². The molecule has 1 saturated carbocycles. The number of aromatic nitrogens is 3. The summed E-state index contributed by atoms with van der Waals surface area (Å²) in [5.41, 5.74) is 1.45. The minimum atomic E-state index is -0.546. The van der Waals surface area contributed by atoms with Crippen molar-refractivity contribution < 1.29 is 13.9 Å². The number of carbonyl (C=O) groups excluding carboxylic acids is 1. The number of urea groups is 1. The van der Waals surface area contributed by atoms with E-state index in [-0.39, 0.29) is 5.75 Å². The van der Waals surface area contributed by atoms with Crippen LogP contribution in [0.25, 0.3) is 5.65 Å². The minimum absolute atomic E-state index is 0.118. The van der Waals surface area contributed by atoms with Gasteiger partial charge in [-0.1, -0.05) is 6.42 Å². The highest BCUT2D eigenvalue weighted by Gasteiger charge is 2.25. The average molecular weight is 355 g/mol. The Morgan fingerprint density at radius 2 is 2.12 bits per heavy atom. The number of anilines is 2. The van der Waals surface area contributed by atoms with Gasteiger partial charge in [0.05, 0.1) is 12.8 Å². The molecule has 1 aliphatic carbocycles. The quantitative estimate of drug-likeness (QED) is 0.746. The summed E-state index contributed by atoms with van der Waals surface area (Å²) < 4.78 is 20.5. The first kappa shape index (κ1) is 16.3. The van der Waals surface area contributed by atoms with Crippen LogP contribution in [0.15, 0.2) is 36.5 Å². The second-order valence-electron chi connectivity index (χ2n) is 6.23. The molecule has 134 valence electrons. The van der Waals surface area contributed by atoms with Crippen molar-refractivity contribution in [3.05, 3.63) is 48.2 Å². The van der Waals surface area contributed by atoms with Crippen LogP contribution in [0, 0.1) is 5.82 Å². The number of hydrogen-bond donors (Lipinski definition) is 2. The molecule has 2 N–H and O–H groups in total. The van der Waals surface area contributed by atoms with Crippen LogP contribution in [0.2, 0.25) is 0 Å². The van der Waals surface area contributed by atoms with Crippen molar-refractivity contribution in [3.63, 3.8) is 0 Å². The molecule has 2 heterocycles. The highest BCUT2D eigenvalue weighted by atomic mass is 19.1. The molecular weight excluding hydrogens is 337 g/mol. The average Bonchev–Trinajstić information content (AvgIpc) is 2.98. The largest absolute Gasteiger partial charge is 0.494 e. The molecule has 0 spiro atoms. The fourth-order valence-corrected chi connectivity index (χ4v) is 3.01. The summed E-state index contributed by atoms with van der Waals surface area (Å²) in [7, 11) is 1.38. The van der Waals surface area contributed by atoms with Crippen LogP contribution in [0.4, 0.5) is 20.6 Å². The van der Waals surface area contributed by atoms with Gasteiger partial charge in [0.25, 0.3) is 0 Å². The molecule has 0 saturated heterocycles. The van der Waals surface area contributed by atoms with E-state index >= 15 is 0 Å². The zero-order valence-electron chi connectivity index (χ0n) is 14.2. The summed E-state index contributed by atoms with van der Waals surface area (Å²) in [5.74, 6) is 0.923. The third-order valence-corrected chi connectivity index (χ3v) is 4.59. The number of amides is 2. The summed E-state index contributed by atoms with van der Waals surface area (Å²) >= 11 is 0. The lowest BCUT2D eigenvalue weighted by Crippen LogP contribution is -2.20. The maximum absolute atomic E-state index is 13.7. The first-order chi connectivity index (χ1) is 12.7. The molecule has 2 aromatic heterocycles. The van der Waals surface area contributed by atoms with Crippen molar-refractivity contribution in [2.75, 3.05) is 17.7 Å². The molecule has 4 rings (SSSR count). The number of pyridine rings is 1. The van der Waals surface area contributed by atoms with E-state index in [1.54, 1.807) is 12.1 Å². The molecule has 1 aliphatic rings. The van der Waals surface area contributed by atoms with E-state index in [1.165, 1.54) is 25.7 Å². The van der Waals surface area contributed by atoms with Crippen molar-refractivity contribution in [2.45, 2.75) is 25.2 Å². The van der Waals surface area contributed by atoms with Gasteiger partial charge in [-0.2, -0.15) is 0 Å². The lowest BCUT2D eigenvalue weighted by atomic mass is 9.85. The number of fused-ring (bicyclic) bond motifs is 1. The van der Waals surface area contributed by atoms with E-state index in [4.69, 9.17) is 4.74 Å². The zero-order valence-corrected chi connectivity index (χ0v) is 14.2. The van der Waals surface area contributed by atoms with Gasteiger partial charge in [0.15, 0.2) is 17.2 Å². The number of ether oxygens (including phenoxy) is 1. The zero-order chi connectivity index (χ0) is 18.1. The predicted octanol–water partition coefficient (Wildman–Crippen LogP) is 3.79. The van der Waals surface area contributed by atoms with Gasteiger partial charge in [0.2, 0.25) is 0 Å². The van der Waals surface area contributed by atoms with Gasteiger partial charge in [0, 0.05) is 23.9 Å². The normalized spacial score (nSPS) is 14.1. The van der Waals surface area contributed by atoms with Gasteiger partial charge < -0.3 is 15.4 Å². The van der Waals surface area contributed by atoms with Gasteiger partial charge in [-0.3, -0.25) is 4.40 Å². The Labute approximate surface area is 149 Å². The molecule has 8 heteroatoms. The molecule has 0 atom stereocenters. The molecule has 7 nitrogen and oxygen atoms in total. The Morgan fingerprint density at radius 1 is 1.27 bits per heavy atom. The van der Waals surface area contributed by atoms with Gasteiger partial charge >= 0.3 is 6.03 Å². The summed E-state index contributed by atoms with van der Waals surface area (Å²) in [6, 6.07) is 7.31. The number of rotatable bonds is 4. The molecule has 1 aromatic carbocycles. The number of methoxy groups -OCH3 is 1. The highest BCUT2D eigenvalue weighted by Crippen LogP contribution is 2.35. The maximum atomic E-state index is 13.7. The number of carbonyl (C=O) groups is 1. The van der Waals surface area contributed by atoms with Crippen molar-refractivity contribution in [1.82, 2.24) is 14.6 Å². The van der Waals surface area contributed by atoms with Crippen molar-refractivity contribution in [3.8, 4) is 5.75 Å². The fraction of sp³-hybridized carbons (Fsp3) is 0.278. The fourth-order valence-electron chi connectivity index (χ4n) is 3.01. The standard InChI is InChI=1S/C18H18FN5O2/c1-26-15-8-7-12(10-13(15)19)20-18(25)21-14-6-3-9-24-16(11-4-2-5-11)22-23-17(14)24/h3,6-11H,2,4-5H2,1H3,(H2,20,21,25). The number of nitrogens with one attached hydrogen (secondary N) is 2. The third kappa shape index (κ3) is 2.94. The van der Waals surface area contributed by atoms with Gasteiger partial charge in [-0.25, -0.2) is 9.18 Å². The Hall–Kier alpha value is -3.16. The number of hydrogen-bond acceptors (Lipinski definition) is 4. The molecule has 0 unspecified atom stereocenters. The van der Waals surface area contributed by atoms with E-state index in [2.05, 4.69) is 20.8 Å². The predicted molar refractivity (Wildman–Crippen MR) is 95.2 cm³/mol. The Balaban J connectivity index is 1.52. The van der Waals surface area contributed by atoms with Crippen LogP contribution in [0.1, 0.15) is 31.0 Å². The summed E-state index contributed by atoms with van der Waals surface area (Å²) in [4.78, 5) is 12.3. The van der Waals surface area contributed by atoms with Crippen molar-refractivity contribution in [2.24, 2.45) is 0 Å². The summed E-state index contributed by atoms with van der Waals surface area (Å²) in [6.07, 6.45) is 5.33. The smallest absolute Gasteiger partial charge is 0.323 e. The van der Waals surface area contributed by atoms with Crippen LogP contribution in [0.3, 0.4) is 0 Å². The molecule has 0 radical (unpaired) electrons. The molecule has 3 aromatic rings. The SMILES string of the molecule is COc1ccc(NC(=O)Nc2cccn3c(C4CCC4)nnc23)cc1F. The summed E-state index contributed by atoms with van der Waals surface area (Å²) in [6.45, 7) is 0. The topological polar surface area (TPSA) is 80.5 Å². The lowest BCUT2D eigenvalue weighted by molar-refractivity contribution is 0.262. The van der Waals surface area contributed by atoms with Gasteiger partial charge in [-0.05, 0) is 37.1 Å². The maximum Gasteiger partial charge on any atom is 0.323 e. The minimum Gasteiger partial charge on any atom is -0.494 e. The first-order valence-corrected chi connectivity index (χ1v) is 8.41. The molecule has 26 heavy (non-hydrogen) atoms. The Bertz CT molecular complexity index is 967. The van der Waals surface area contributed by atoms with Crippen LogP contribution < -0.4 is 15.4 Å². The first-order valence-electron chi connectivity index (χ1n) is 8.41. The van der Waals surface area contributed by atoms with E-state index < -0.39 is 11.8 Å². The van der Waals surface area contributed by atoms with E-state index in [9.17, 15) is 9.18 Å². The van der Waals surface area contributed by atoms with E-state index in [0.717, 1.165) is 18.7 Å². The van der Waals surface area contributed by atoms with Gasteiger partial charge in [-0.15, -0.1) is 10.2 Å². The Kier molecular flexibility index (Phi) is 4.16. The van der Waals surface area contributed by atoms with Crippen molar-refractivity contribution >= 4 is 23.1 Å². The van der Waals surface area contributed by atoms with Crippen LogP contribution >= 0.6 is 0 Å². The second kappa shape index (κ2) is 6.62. The molecule has 0 bridgehead atoms. The third-order valence-electron chi connectivity index (χ3n) is 4.59. The molecular formula is C18H18FN5O2. The van der Waals surface area contributed by atoms with Crippen LogP contribution in [0.5, 0.6) is 5.75 Å². The number of halogens is 1. The number of nitrogens with zero attached hydrogens (tertiary/aromatic N) is 3. The Morgan fingerprint density at radius 3 is 2.81 bits per heavy atom. The number of benzene rings is 1. The van der Waals surface area contributed by atoms with Crippen LogP contribution in [-0.4, -0.2) is 27.7 Å². The molecule has 0 aliphatic heterocycles. The monoisotopic (exact) mass is 355 g/mol. The van der Waals surface area contributed by atoms with E-state index in [1.807, 2.05) is 16.7 Å². The van der Waals surface area contributed by atoms with Crippen molar-refractivity contribution in [1.29, 1.82) is 0 Å². The molecule has 2 amide bonds. The second-order valence-corrected chi connectivity index (χ2v) is 6.23. The summed E-state index contributed by atoms with van der Waals surface area (Å²) in [5, 5.41) is 13.8. The van der Waals surface area contributed by atoms with Gasteiger partial charge in [0.1, 0.15) is 5.82 Å². The molecule has 1 fully saturated rings. The van der Waals surface area contributed by atoms with E-state index in [0.29, 0.717) is 22.9 Å². The highest BCUT2D eigenvalue weighted by molar-refractivity contribution is 6.01.